The highest BCUT2D eigenvalue weighted by atomic mass is 16.6. The highest BCUT2D eigenvalue weighted by Crippen LogP contribution is 2.32. The normalized spacial score (nSPS) is 14.5. The average Bonchev–Trinajstić information content (AvgIpc) is 2.89. The molecule has 0 saturated carbocycles. The number of hydrogen-bond acceptors (Lipinski definition) is 7. The Balaban J connectivity index is 2.02. The first-order valence-corrected chi connectivity index (χ1v) is 8.14. The SMILES string of the molecule is CO/N=C1\C(=O)N(CCCCCCC(=O)NO)c2ccc([N+](=O)[O-])cc21. The van der Waals surface area contributed by atoms with E-state index >= 15 is 0 Å². The van der Waals surface area contributed by atoms with Crippen LogP contribution in [0.15, 0.2) is 23.4 Å². The predicted molar refractivity (Wildman–Crippen MR) is 92.0 cm³/mol. The minimum Gasteiger partial charge on any atom is -0.398 e. The molecule has 10 nitrogen and oxygen atoms in total. The number of amides is 2. The lowest BCUT2D eigenvalue weighted by Crippen LogP contribution is -2.31. The number of anilines is 1. The molecule has 1 aliphatic heterocycles. The van der Waals surface area contributed by atoms with Gasteiger partial charge in [-0.2, -0.15) is 0 Å². The molecule has 0 bridgehead atoms. The zero-order valence-corrected chi connectivity index (χ0v) is 14.3. The van der Waals surface area contributed by atoms with E-state index in [1.54, 1.807) is 5.48 Å². The van der Waals surface area contributed by atoms with Gasteiger partial charge in [-0.15, -0.1) is 0 Å². The molecule has 2 N–H and O–H groups in total. The molecular formula is C16H20N4O6. The molecule has 0 aliphatic carbocycles. The molecule has 0 unspecified atom stereocenters. The van der Waals surface area contributed by atoms with Crippen LogP contribution in [0.1, 0.15) is 37.7 Å². The fourth-order valence-electron chi connectivity index (χ4n) is 2.78. The Bertz CT molecular complexity index is 733. The Hall–Kier alpha value is -3.01. The second kappa shape index (κ2) is 8.90. The molecule has 2 amide bonds. The molecule has 26 heavy (non-hydrogen) atoms. The number of benzene rings is 1. The van der Waals surface area contributed by atoms with Crippen LogP contribution in [0.25, 0.3) is 0 Å². The number of unbranched alkanes of at least 4 members (excludes halogenated alkanes) is 3. The van der Waals surface area contributed by atoms with E-state index in [-0.39, 0.29) is 23.7 Å². The second-order valence-corrected chi connectivity index (χ2v) is 5.74. The molecule has 0 atom stereocenters. The van der Waals surface area contributed by atoms with Crippen molar-refractivity contribution in [3.63, 3.8) is 0 Å². The van der Waals surface area contributed by atoms with Crippen LogP contribution in [0.2, 0.25) is 0 Å². The number of hydrogen-bond donors (Lipinski definition) is 2. The second-order valence-electron chi connectivity index (χ2n) is 5.74. The van der Waals surface area contributed by atoms with Crippen molar-refractivity contribution in [2.45, 2.75) is 32.1 Å². The summed E-state index contributed by atoms with van der Waals surface area (Å²) in [6.07, 6.45) is 3.15. The highest BCUT2D eigenvalue weighted by Gasteiger charge is 2.35. The fraction of sp³-hybridized carbons (Fsp3) is 0.438. The zero-order chi connectivity index (χ0) is 19.1. The van der Waals surface area contributed by atoms with E-state index in [4.69, 9.17) is 10.0 Å². The number of nitrogens with one attached hydrogen (secondary N) is 1. The number of non-ortho nitro benzene ring substituents is 1. The molecule has 0 radical (unpaired) electrons. The van der Waals surface area contributed by atoms with Gasteiger partial charge in [0, 0.05) is 30.7 Å². The summed E-state index contributed by atoms with van der Waals surface area (Å²) in [6, 6.07) is 4.20. The van der Waals surface area contributed by atoms with Gasteiger partial charge in [0.05, 0.1) is 10.6 Å². The average molecular weight is 364 g/mol. The van der Waals surface area contributed by atoms with Crippen LogP contribution in [0, 0.1) is 10.1 Å². The van der Waals surface area contributed by atoms with Crippen molar-refractivity contribution >= 4 is 28.9 Å². The van der Waals surface area contributed by atoms with Gasteiger partial charge in [-0.1, -0.05) is 18.0 Å². The van der Waals surface area contributed by atoms with Gasteiger partial charge in [-0.05, 0) is 18.9 Å². The van der Waals surface area contributed by atoms with Gasteiger partial charge in [0.1, 0.15) is 7.11 Å². The maximum absolute atomic E-state index is 12.5. The number of nitro groups is 1. The lowest BCUT2D eigenvalue weighted by molar-refractivity contribution is -0.384. The third-order valence-electron chi connectivity index (χ3n) is 4.03. The number of nitro benzene ring substituents is 1. The highest BCUT2D eigenvalue weighted by molar-refractivity contribution is 6.54. The Kier molecular flexibility index (Phi) is 6.61. The minimum absolute atomic E-state index is 0.0471. The number of rotatable bonds is 9. The van der Waals surface area contributed by atoms with Gasteiger partial charge in [0.25, 0.3) is 11.6 Å². The topological polar surface area (TPSA) is 134 Å². The summed E-state index contributed by atoms with van der Waals surface area (Å²) in [5.41, 5.74) is 2.45. The number of carbonyl (C=O) groups is 2. The third kappa shape index (κ3) is 4.33. The van der Waals surface area contributed by atoms with E-state index in [1.807, 2.05) is 0 Å². The van der Waals surface area contributed by atoms with E-state index in [2.05, 4.69) is 5.16 Å². The molecule has 1 aliphatic rings. The zero-order valence-electron chi connectivity index (χ0n) is 14.3. The maximum Gasteiger partial charge on any atom is 0.281 e. The van der Waals surface area contributed by atoms with Crippen LogP contribution >= 0.6 is 0 Å². The summed E-state index contributed by atoms with van der Waals surface area (Å²) in [5, 5.41) is 23.1. The summed E-state index contributed by atoms with van der Waals surface area (Å²) in [7, 11) is 1.31. The standard InChI is InChI=1S/C16H20N4O6/c1-26-18-15-12-10-11(20(24)25)7-8-13(12)19(16(15)22)9-5-3-2-4-6-14(21)17-23/h7-8,10,23H,2-6,9H2,1H3,(H,17,21)/b18-15-. The van der Waals surface area contributed by atoms with Gasteiger partial charge in [-0.3, -0.25) is 24.9 Å². The van der Waals surface area contributed by atoms with Gasteiger partial charge >= 0.3 is 0 Å². The number of oxime groups is 1. The van der Waals surface area contributed by atoms with E-state index in [0.717, 1.165) is 12.8 Å². The van der Waals surface area contributed by atoms with Crippen LogP contribution in [-0.4, -0.2) is 41.3 Å². The Morgan fingerprint density at radius 1 is 1.35 bits per heavy atom. The van der Waals surface area contributed by atoms with Crippen molar-refractivity contribution < 1.29 is 24.6 Å². The predicted octanol–water partition coefficient (Wildman–Crippen LogP) is 1.75. The molecule has 1 aromatic carbocycles. The van der Waals surface area contributed by atoms with Crippen LogP contribution < -0.4 is 10.4 Å². The molecule has 0 spiro atoms. The largest absolute Gasteiger partial charge is 0.398 e. The first kappa shape index (κ1) is 19.3. The van der Waals surface area contributed by atoms with Gasteiger partial charge in [0.2, 0.25) is 5.91 Å². The molecular weight excluding hydrogens is 344 g/mol. The molecule has 140 valence electrons. The van der Waals surface area contributed by atoms with E-state index in [0.29, 0.717) is 30.6 Å². The first-order valence-electron chi connectivity index (χ1n) is 8.14. The van der Waals surface area contributed by atoms with Crippen molar-refractivity contribution in [1.29, 1.82) is 0 Å². The van der Waals surface area contributed by atoms with Gasteiger partial charge in [-0.25, -0.2) is 5.48 Å². The van der Waals surface area contributed by atoms with Crippen molar-refractivity contribution in [2.75, 3.05) is 18.6 Å². The van der Waals surface area contributed by atoms with E-state index < -0.39 is 10.8 Å². The van der Waals surface area contributed by atoms with Crippen molar-refractivity contribution in [3.05, 3.63) is 33.9 Å². The number of hydroxylamine groups is 1. The molecule has 0 saturated heterocycles. The molecule has 1 aromatic rings. The van der Waals surface area contributed by atoms with Crippen LogP contribution in [0.3, 0.4) is 0 Å². The van der Waals surface area contributed by atoms with Crippen molar-refractivity contribution in [1.82, 2.24) is 5.48 Å². The number of carbonyl (C=O) groups excluding carboxylic acids is 2. The van der Waals surface area contributed by atoms with E-state index in [9.17, 15) is 19.7 Å². The summed E-state index contributed by atoms with van der Waals surface area (Å²) < 4.78 is 0. The first-order chi connectivity index (χ1) is 12.5. The lowest BCUT2D eigenvalue weighted by atomic mass is 10.1. The number of fused-ring (bicyclic) bond motifs is 1. The quantitative estimate of drug-likeness (QED) is 0.297. The molecule has 0 fully saturated rings. The molecule has 1 heterocycles. The van der Waals surface area contributed by atoms with Crippen molar-refractivity contribution in [2.24, 2.45) is 5.16 Å². The Morgan fingerprint density at radius 2 is 2.08 bits per heavy atom. The molecule has 2 rings (SSSR count). The molecule has 0 aromatic heterocycles. The van der Waals surface area contributed by atoms with Crippen LogP contribution in [0.5, 0.6) is 0 Å². The summed E-state index contributed by atoms with van der Waals surface area (Å²) in [5.74, 6) is -0.780. The maximum atomic E-state index is 12.5. The van der Waals surface area contributed by atoms with Gasteiger partial charge in [0.15, 0.2) is 5.71 Å². The minimum atomic E-state index is -0.527. The smallest absolute Gasteiger partial charge is 0.281 e. The fourth-order valence-corrected chi connectivity index (χ4v) is 2.78. The molecule has 10 heteroatoms. The van der Waals surface area contributed by atoms with Crippen LogP contribution in [-0.2, 0) is 14.4 Å². The van der Waals surface area contributed by atoms with Crippen LogP contribution in [0.4, 0.5) is 11.4 Å². The number of nitrogens with zero attached hydrogens (tertiary/aromatic N) is 3. The summed E-state index contributed by atoms with van der Waals surface area (Å²) >= 11 is 0. The van der Waals surface area contributed by atoms with E-state index in [1.165, 1.54) is 30.2 Å². The Labute approximate surface area is 149 Å². The lowest BCUT2D eigenvalue weighted by Gasteiger charge is -2.16. The monoisotopic (exact) mass is 364 g/mol. The summed E-state index contributed by atoms with van der Waals surface area (Å²) in [4.78, 5) is 40.1. The van der Waals surface area contributed by atoms with Crippen molar-refractivity contribution in [3.8, 4) is 0 Å². The summed E-state index contributed by atoms with van der Waals surface area (Å²) in [6.45, 7) is 0.429. The van der Waals surface area contributed by atoms with Gasteiger partial charge < -0.3 is 9.74 Å². The third-order valence-corrected chi connectivity index (χ3v) is 4.03. The Morgan fingerprint density at radius 3 is 2.73 bits per heavy atom.